The van der Waals surface area contributed by atoms with Gasteiger partial charge in [0.25, 0.3) is 0 Å². The number of benzene rings is 3. The molecule has 1 aromatic heterocycles. The predicted octanol–water partition coefficient (Wildman–Crippen LogP) is 5.05. The van der Waals surface area contributed by atoms with Gasteiger partial charge >= 0.3 is 0 Å². The standard InChI is InChI=1S/C22H17BrN2O4S/c23-18-8-12-20(13-9-18)30(26,27)15-21-24-22(25-29-21)17-6-10-19(11-7-17)28-14-16-4-2-1-3-5-16/h1-13H,14-15H2. The number of rotatable bonds is 7. The summed E-state index contributed by atoms with van der Waals surface area (Å²) >= 11 is 3.29. The summed E-state index contributed by atoms with van der Waals surface area (Å²) < 4.78 is 36.8. The van der Waals surface area contributed by atoms with E-state index in [9.17, 15) is 8.42 Å². The third-order valence-electron chi connectivity index (χ3n) is 4.32. The summed E-state index contributed by atoms with van der Waals surface area (Å²) in [4.78, 5) is 4.42. The van der Waals surface area contributed by atoms with E-state index in [1.165, 1.54) is 12.1 Å². The fourth-order valence-corrected chi connectivity index (χ4v) is 4.18. The molecule has 6 nitrogen and oxygen atoms in total. The van der Waals surface area contributed by atoms with E-state index >= 15 is 0 Å². The van der Waals surface area contributed by atoms with E-state index < -0.39 is 9.84 Å². The molecule has 0 atom stereocenters. The minimum atomic E-state index is -3.58. The van der Waals surface area contributed by atoms with Gasteiger partial charge in [0.05, 0.1) is 4.90 Å². The predicted molar refractivity (Wildman–Crippen MR) is 116 cm³/mol. The van der Waals surface area contributed by atoms with E-state index in [1.54, 1.807) is 24.3 Å². The monoisotopic (exact) mass is 484 g/mol. The average molecular weight is 485 g/mol. The van der Waals surface area contributed by atoms with Crippen LogP contribution in [0.5, 0.6) is 5.75 Å². The highest BCUT2D eigenvalue weighted by molar-refractivity contribution is 9.10. The molecule has 0 bridgehead atoms. The molecule has 0 saturated carbocycles. The molecule has 4 rings (SSSR count). The molecule has 0 saturated heterocycles. The van der Waals surface area contributed by atoms with E-state index in [0.29, 0.717) is 23.7 Å². The van der Waals surface area contributed by atoms with Gasteiger partial charge in [-0.15, -0.1) is 0 Å². The highest BCUT2D eigenvalue weighted by Gasteiger charge is 2.20. The highest BCUT2D eigenvalue weighted by Crippen LogP contribution is 2.23. The molecule has 152 valence electrons. The smallest absolute Gasteiger partial charge is 0.242 e. The van der Waals surface area contributed by atoms with Crippen LogP contribution in [0.1, 0.15) is 11.5 Å². The number of ether oxygens (including phenoxy) is 1. The number of halogens is 1. The second kappa shape index (κ2) is 8.81. The summed E-state index contributed by atoms with van der Waals surface area (Å²) in [5.41, 5.74) is 1.79. The Morgan fingerprint density at radius 3 is 2.30 bits per heavy atom. The Hall–Kier alpha value is -2.97. The lowest BCUT2D eigenvalue weighted by atomic mass is 10.2. The Balaban J connectivity index is 1.42. The fraction of sp³-hybridized carbons (Fsp3) is 0.0909. The minimum absolute atomic E-state index is 0.0392. The maximum absolute atomic E-state index is 12.5. The van der Waals surface area contributed by atoms with E-state index in [2.05, 4.69) is 26.1 Å². The first-order valence-corrected chi connectivity index (χ1v) is 11.5. The summed E-state index contributed by atoms with van der Waals surface area (Å²) in [7, 11) is -3.58. The van der Waals surface area contributed by atoms with Crippen molar-refractivity contribution in [1.82, 2.24) is 10.1 Å². The van der Waals surface area contributed by atoms with Crippen LogP contribution in [0.15, 0.2) is 92.8 Å². The summed E-state index contributed by atoms with van der Waals surface area (Å²) in [6.45, 7) is 0.473. The van der Waals surface area contributed by atoms with Gasteiger partial charge in [-0.05, 0) is 54.1 Å². The molecule has 8 heteroatoms. The van der Waals surface area contributed by atoms with Crippen molar-refractivity contribution >= 4 is 25.8 Å². The number of hydrogen-bond donors (Lipinski definition) is 0. The van der Waals surface area contributed by atoms with Crippen molar-refractivity contribution in [1.29, 1.82) is 0 Å². The van der Waals surface area contributed by atoms with Crippen LogP contribution in [0.25, 0.3) is 11.4 Å². The Kier molecular flexibility index (Phi) is 5.96. The number of hydrogen-bond acceptors (Lipinski definition) is 6. The summed E-state index contributed by atoms with van der Waals surface area (Å²) in [5.74, 6) is 0.715. The normalized spacial score (nSPS) is 11.4. The van der Waals surface area contributed by atoms with Crippen LogP contribution >= 0.6 is 15.9 Å². The topological polar surface area (TPSA) is 82.3 Å². The molecule has 1 heterocycles. The van der Waals surface area contributed by atoms with E-state index in [1.807, 2.05) is 42.5 Å². The molecular formula is C22H17BrN2O4S. The van der Waals surface area contributed by atoms with Gasteiger partial charge in [-0.2, -0.15) is 4.98 Å². The molecular weight excluding hydrogens is 468 g/mol. The molecule has 0 N–H and O–H groups in total. The molecule has 0 spiro atoms. The molecule has 0 fully saturated rings. The van der Waals surface area contributed by atoms with Crippen LogP contribution < -0.4 is 4.74 Å². The van der Waals surface area contributed by atoms with Crippen molar-refractivity contribution in [3.05, 3.63) is 94.8 Å². The van der Waals surface area contributed by atoms with Gasteiger partial charge in [0, 0.05) is 10.0 Å². The Bertz CT molecular complexity index is 1220. The first-order chi connectivity index (χ1) is 14.5. The van der Waals surface area contributed by atoms with Crippen molar-refractivity contribution in [3.63, 3.8) is 0 Å². The molecule has 4 aromatic rings. The van der Waals surface area contributed by atoms with Gasteiger partial charge in [-0.25, -0.2) is 8.42 Å². The van der Waals surface area contributed by atoms with E-state index in [0.717, 1.165) is 10.0 Å². The van der Waals surface area contributed by atoms with Gasteiger partial charge in [-0.3, -0.25) is 0 Å². The Morgan fingerprint density at radius 2 is 1.60 bits per heavy atom. The van der Waals surface area contributed by atoms with Crippen LogP contribution in [0.2, 0.25) is 0 Å². The molecule has 0 unspecified atom stereocenters. The minimum Gasteiger partial charge on any atom is -0.489 e. The molecule has 0 radical (unpaired) electrons. The zero-order valence-corrected chi connectivity index (χ0v) is 18.1. The van der Waals surface area contributed by atoms with Crippen molar-refractivity contribution in [3.8, 4) is 17.1 Å². The SMILES string of the molecule is O=S(=O)(Cc1nc(-c2ccc(OCc3ccccc3)cc2)no1)c1ccc(Br)cc1. The number of aromatic nitrogens is 2. The third-order valence-corrected chi connectivity index (χ3v) is 6.46. The molecule has 0 aliphatic carbocycles. The molecule has 3 aromatic carbocycles. The maximum Gasteiger partial charge on any atom is 0.242 e. The molecule has 0 aliphatic rings. The second-order valence-corrected chi connectivity index (χ2v) is 9.43. The van der Waals surface area contributed by atoms with Crippen molar-refractivity contribution in [2.24, 2.45) is 0 Å². The summed E-state index contributed by atoms with van der Waals surface area (Å²) in [6, 6.07) is 23.5. The van der Waals surface area contributed by atoms with Gasteiger partial charge < -0.3 is 9.26 Å². The fourth-order valence-electron chi connectivity index (χ4n) is 2.76. The number of sulfone groups is 1. The average Bonchev–Trinajstić information content (AvgIpc) is 3.21. The van der Waals surface area contributed by atoms with Gasteiger partial charge in [-0.1, -0.05) is 51.4 Å². The summed E-state index contributed by atoms with van der Waals surface area (Å²) in [5, 5.41) is 3.90. The van der Waals surface area contributed by atoms with Crippen molar-refractivity contribution in [2.75, 3.05) is 0 Å². The summed E-state index contributed by atoms with van der Waals surface area (Å²) in [6.07, 6.45) is 0. The quantitative estimate of drug-likeness (QED) is 0.364. The van der Waals surface area contributed by atoms with Crippen LogP contribution in [0, 0.1) is 0 Å². The second-order valence-electron chi connectivity index (χ2n) is 6.52. The zero-order valence-electron chi connectivity index (χ0n) is 15.7. The van der Waals surface area contributed by atoms with Gasteiger partial charge in [0.15, 0.2) is 9.84 Å². The lowest BCUT2D eigenvalue weighted by Crippen LogP contribution is -2.05. The number of nitrogens with zero attached hydrogens (tertiary/aromatic N) is 2. The Morgan fingerprint density at radius 1 is 0.900 bits per heavy atom. The van der Waals surface area contributed by atoms with Gasteiger partial charge in [0.1, 0.15) is 18.1 Å². The van der Waals surface area contributed by atoms with Crippen LogP contribution in [-0.4, -0.2) is 18.6 Å². The molecule has 0 aliphatic heterocycles. The first kappa shape index (κ1) is 20.3. The van der Waals surface area contributed by atoms with Crippen molar-refractivity contribution in [2.45, 2.75) is 17.3 Å². The highest BCUT2D eigenvalue weighted by atomic mass is 79.9. The van der Waals surface area contributed by atoms with E-state index in [-0.39, 0.29) is 16.5 Å². The van der Waals surface area contributed by atoms with Gasteiger partial charge in [0.2, 0.25) is 11.7 Å². The van der Waals surface area contributed by atoms with Crippen LogP contribution in [-0.2, 0) is 22.2 Å². The van der Waals surface area contributed by atoms with Crippen LogP contribution in [0.4, 0.5) is 0 Å². The molecule has 30 heavy (non-hydrogen) atoms. The third kappa shape index (κ3) is 4.95. The lowest BCUT2D eigenvalue weighted by Gasteiger charge is -2.06. The zero-order chi connectivity index (χ0) is 21.0. The lowest BCUT2D eigenvalue weighted by molar-refractivity contribution is 0.306. The first-order valence-electron chi connectivity index (χ1n) is 9.08. The van der Waals surface area contributed by atoms with Crippen LogP contribution in [0.3, 0.4) is 0 Å². The largest absolute Gasteiger partial charge is 0.489 e. The van der Waals surface area contributed by atoms with Crippen molar-refractivity contribution < 1.29 is 17.7 Å². The Labute approximate surface area is 182 Å². The van der Waals surface area contributed by atoms with E-state index in [4.69, 9.17) is 9.26 Å². The maximum atomic E-state index is 12.5. The molecule has 0 amide bonds.